The minimum atomic E-state index is -0.690. The Morgan fingerprint density at radius 3 is 2.76 bits per heavy atom. The van der Waals surface area contributed by atoms with Crippen LogP contribution >= 0.6 is 23.2 Å². The first kappa shape index (κ1) is 17.0. The van der Waals surface area contributed by atoms with E-state index in [-0.39, 0.29) is 5.69 Å². The molecule has 2 aromatic heterocycles. The fraction of sp³-hybridized carbons (Fsp3) is 0.0667. The number of anilines is 1. The number of aromatic nitrogens is 4. The van der Waals surface area contributed by atoms with Gasteiger partial charge >= 0.3 is 5.97 Å². The molecule has 0 saturated carbocycles. The van der Waals surface area contributed by atoms with Gasteiger partial charge in [-0.1, -0.05) is 23.2 Å². The molecule has 0 unspecified atom stereocenters. The smallest absolute Gasteiger partial charge is 0.355 e. The molecule has 0 aliphatic carbocycles. The maximum absolute atomic E-state index is 12.1. The molecule has 2 N–H and O–H groups in total. The zero-order chi connectivity index (χ0) is 17.8. The molecular weight excluding hydrogens is 369 g/mol. The molecule has 3 aromatic rings. The summed E-state index contributed by atoms with van der Waals surface area (Å²) >= 11 is 11.7. The molecule has 0 aliphatic heterocycles. The van der Waals surface area contributed by atoms with Crippen LogP contribution in [-0.4, -0.2) is 38.2 Å². The van der Waals surface area contributed by atoms with Crippen molar-refractivity contribution in [3.05, 3.63) is 58.9 Å². The number of nitrogens with one attached hydrogen (secondary N) is 2. The summed E-state index contributed by atoms with van der Waals surface area (Å²) in [5.74, 6) is -1.22. The van der Waals surface area contributed by atoms with E-state index in [1.54, 1.807) is 18.2 Å². The average Bonchev–Trinajstić information content (AvgIpc) is 3.24. The summed E-state index contributed by atoms with van der Waals surface area (Å²) in [6.45, 7) is -0.473. The van der Waals surface area contributed by atoms with Gasteiger partial charge in [-0.15, -0.1) is 0 Å². The van der Waals surface area contributed by atoms with E-state index in [1.165, 1.54) is 29.6 Å². The number of benzene rings is 1. The first-order chi connectivity index (χ1) is 12.0. The lowest BCUT2D eigenvalue weighted by atomic mass is 10.2. The molecule has 10 heteroatoms. The molecule has 0 spiro atoms. The zero-order valence-corrected chi connectivity index (χ0v) is 14.1. The first-order valence-corrected chi connectivity index (χ1v) is 7.74. The van der Waals surface area contributed by atoms with Crippen LogP contribution in [0.25, 0.3) is 5.69 Å². The quantitative estimate of drug-likeness (QED) is 0.663. The molecule has 0 aliphatic rings. The van der Waals surface area contributed by atoms with Crippen LogP contribution in [0, 0.1) is 0 Å². The SMILES string of the molecule is O=C(COC(=O)c1cc(Cl)c[nH]1)Nc1cc(Cl)ccc1-n1cncn1. The van der Waals surface area contributed by atoms with E-state index in [9.17, 15) is 9.59 Å². The highest BCUT2D eigenvalue weighted by molar-refractivity contribution is 6.31. The summed E-state index contributed by atoms with van der Waals surface area (Å²) in [6.07, 6.45) is 4.28. The molecule has 0 atom stereocenters. The van der Waals surface area contributed by atoms with Crippen LogP contribution in [0.2, 0.25) is 10.0 Å². The molecule has 0 fully saturated rings. The Labute approximate surface area is 151 Å². The largest absolute Gasteiger partial charge is 0.451 e. The Morgan fingerprint density at radius 1 is 1.24 bits per heavy atom. The minimum Gasteiger partial charge on any atom is -0.451 e. The lowest BCUT2D eigenvalue weighted by Gasteiger charge is -2.11. The van der Waals surface area contributed by atoms with Gasteiger partial charge in [0.15, 0.2) is 6.61 Å². The normalized spacial score (nSPS) is 10.5. The predicted molar refractivity (Wildman–Crippen MR) is 91.1 cm³/mol. The molecule has 25 heavy (non-hydrogen) atoms. The van der Waals surface area contributed by atoms with Crippen molar-refractivity contribution in [2.75, 3.05) is 11.9 Å². The maximum Gasteiger partial charge on any atom is 0.355 e. The third-order valence-corrected chi connectivity index (χ3v) is 3.55. The highest BCUT2D eigenvalue weighted by Gasteiger charge is 2.14. The third-order valence-electron chi connectivity index (χ3n) is 3.10. The van der Waals surface area contributed by atoms with Gasteiger partial charge in [0.05, 0.1) is 16.4 Å². The Hall–Kier alpha value is -2.84. The van der Waals surface area contributed by atoms with Crippen molar-refractivity contribution < 1.29 is 14.3 Å². The zero-order valence-electron chi connectivity index (χ0n) is 12.6. The second-order valence-corrected chi connectivity index (χ2v) is 5.73. The summed E-state index contributed by atoms with van der Waals surface area (Å²) < 4.78 is 6.40. The summed E-state index contributed by atoms with van der Waals surface area (Å²) in [6, 6.07) is 6.30. The van der Waals surface area contributed by atoms with Gasteiger partial charge in [0.25, 0.3) is 5.91 Å². The van der Waals surface area contributed by atoms with Gasteiger partial charge in [-0.3, -0.25) is 4.79 Å². The number of H-pyrrole nitrogens is 1. The Balaban J connectivity index is 1.67. The van der Waals surface area contributed by atoms with Crippen molar-refractivity contribution in [1.29, 1.82) is 0 Å². The molecular formula is C15H11Cl2N5O3. The van der Waals surface area contributed by atoms with Gasteiger partial charge in [0.2, 0.25) is 0 Å². The number of rotatable bonds is 5. The van der Waals surface area contributed by atoms with Gasteiger partial charge in [-0.2, -0.15) is 5.10 Å². The van der Waals surface area contributed by atoms with E-state index in [0.717, 1.165) is 0 Å². The Bertz CT molecular complexity index is 908. The van der Waals surface area contributed by atoms with Crippen LogP contribution in [0.3, 0.4) is 0 Å². The van der Waals surface area contributed by atoms with E-state index in [2.05, 4.69) is 20.4 Å². The Morgan fingerprint density at radius 2 is 2.08 bits per heavy atom. The molecule has 0 radical (unpaired) electrons. The predicted octanol–water partition coefficient (Wildman–Crippen LogP) is 2.70. The third kappa shape index (κ3) is 4.17. The second kappa shape index (κ2) is 7.37. The monoisotopic (exact) mass is 379 g/mol. The first-order valence-electron chi connectivity index (χ1n) is 6.98. The van der Waals surface area contributed by atoms with E-state index >= 15 is 0 Å². The van der Waals surface area contributed by atoms with Crippen LogP contribution in [0.4, 0.5) is 5.69 Å². The maximum atomic E-state index is 12.1. The van der Waals surface area contributed by atoms with Crippen LogP contribution < -0.4 is 5.32 Å². The average molecular weight is 380 g/mol. The number of carbonyl (C=O) groups excluding carboxylic acids is 2. The van der Waals surface area contributed by atoms with Crippen molar-refractivity contribution in [2.45, 2.75) is 0 Å². The van der Waals surface area contributed by atoms with Gasteiger partial charge in [0.1, 0.15) is 18.3 Å². The lowest BCUT2D eigenvalue weighted by Crippen LogP contribution is -2.22. The van der Waals surface area contributed by atoms with Crippen molar-refractivity contribution in [1.82, 2.24) is 19.7 Å². The van der Waals surface area contributed by atoms with Gasteiger partial charge in [-0.05, 0) is 24.3 Å². The number of amides is 1. The summed E-state index contributed by atoms with van der Waals surface area (Å²) in [4.78, 5) is 30.4. The molecule has 0 bridgehead atoms. The number of ether oxygens (including phenoxy) is 1. The number of esters is 1. The molecule has 128 valence electrons. The van der Waals surface area contributed by atoms with E-state index in [0.29, 0.717) is 21.4 Å². The number of hydrogen-bond acceptors (Lipinski definition) is 5. The minimum absolute atomic E-state index is 0.156. The molecule has 1 aromatic carbocycles. The highest BCUT2D eigenvalue weighted by Crippen LogP contribution is 2.23. The molecule has 1 amide bonds. The number of carbonyl (C=O) groups is 2. The molecule has 3 rings (SSSR count). The topological polar surface area (TPSA) is 102 Å². The van der Waals surface area contributed by atoms with Crippen LogP contribution in [0.1, 0.15) is 10.5 Å². The Kier molecular flexibility index (Phi) is 5.01. The second-order valence-electron chi connectivity index (χ2n) is 4.86. The van der Waals surface area contributed by atoms with Crippen molar-refractivity contribution >= 4 is 40.8 Å². The van der Waals surface area contributed by atoms with Crippen LogP contribution in [0.5, 0.6) is 0 Å². The number of hydrogen-bond donors (Lipinski definition) is 2. The lowest BCUT2D eigenvalue weighted by molar-refractivity contribution is -0.119. The fourth-order valence-corrected chi connectivity index (χ4v) is 2.36. The van der Waals surface area contributed by atoms with Crippen molar-refractivity contribution in [2.24, 2.45) is 0 Å². The van der Waals surface area contributed by atoms with E-state index in [4.69, 9.17) is 27.9 Å². The van der Waals surface area contributed by atoms with E-state index in [1.807, 2.05) is 0 Å². The molecule has 0 saturated heterocycles. The fourth-order valence-electron chi connectivity index (χ4n) is 2.02. The summed E-state index contributed by atoms with van der Waals surface area (Å²) in [5.41, 5.74) is 1.13. The molecule has 2 heterocycles. The number of halogens is 2. The van der Waals surface area contributed by atoms with Gasteiger partial charge < -0.3 is 15.0 Å². The van der Waals surface area contributed by atoms with Gasteiger partial charge in [0, 0.05) is 11.2 Å². The van der Waals surface area contributed by atoms with E-state index < -0.39 is 18.5 Å². The number of aromatic amines is 1. The molecule has 8 nitrogen and oxygen atoms in total. The number of nitrogens with zero attached hydrogens (tertiary/aromatic N) is 3. The summed E-state index contributed by atoms with van der Waals surface area (Å²) in [5, 5.41) is 7.43. The summed E-state index contributed by atoms with van der Waals surface area (Å²) in [7, 11) is 0. The van der Waals surface area contributed by atoms with Crippen LogP contribution in [0.15, 0.2) is 43.1 Å². The van der Waals surface area contributed by atoms with Crippen molar-refractivity contribution in [3.63, 3.8) is 0 Å². The van der Waals surface area contributed by atoms with Crippen molar-refractivity contribution in [3.8, 4) is 5.69 Å². The van der Waals surface area contributed by atoms with Crippen LogP contribution in [-0.2, 0) is 9.53 Å². The standard InChI is InChI=1S/C15H11Cl2N5O3/c16-9-1-2-13(22-8-18-7-20-22)11(3-9)21-14(23)6-25-15(24)12-4-10(17)5-19-12/h1-5,7-8,19H,6H2,(H,21,23). The van der Waals surface area contributed by atoms with Gasteiger partial charge in [-0.25, -0.2) is 14.5 Å². The highest BCUT2D eigenvalue weighted by atomic mass is 35.5.